The number of nitrogens with zero attached hydrogens (tertiary/aromatic N) is 3. The van der Waals surface area contributed by atoms with Gasteiger partial charge in [-0.1, -0.05) is 0 Å². The highest BCUT2D eigenvalue weighted by atomic mass is 19.1. The number of hydrogen-bond acceptors (Lipinski definition) is 6. The minimum Gasteiger partial charge on any atom is -0.497 e. The topological polar surface area (TPSA) is 78.2 Å². The third-order valence-electron chi connectivity index (χ3n) is 6.98. The highest BCUT2D eigenvalue weighted by Gasteiger charge is 2.43. The maximum Gasteiger partial charge on any atom is 0.123 e. The zero-order valence-corrected chi connectivity index (χ0v) is 17.9. The number of halogens is 1. The van der Waals surface area contributed by atoms with E-state index in [0.717, 1.165) is 48.0 Å². The van der Waals surface area contributed by atoms with Gasteiger partial charge in [-0.25, -0.2) is 9.37 Å². The lowest BCUT2D eigenvalue weighted by molar-refractivity contribution is -0.0398. The Morgan fingerprint density at radius 1 is 1.22 bits per heavy atom. The predicted molar refractivity (Wildman–Crippen MR) is 121 cm³/mol. The fourth-order valence-corrected chi connectivity index (χ4v) is 5.27. The van der Waals surface area contributed by atoms with E-state index in [1.807, 2.05) is 24.3 Å². The normalized spacial score (nSPS) is 26.0. The molecule has 3 aliphatic heterocycles. The van der Waals surface area contributed by atoms with Crippen molar-refractivity contribution in [3.8, 4) is 17.0 Å². The van der Waals surface area contributed by atoms with Crippen LogP contribution in [-0.4, -0.2) is 52.7 Å². The van der Waals surface area contributed by atoms with Crippen molar-refractivity contribution in [2.75, 3.05) is 20.2 Å². The van der Waals surface area contributed by atoms with E-state index in [0.29, 0.717) is 17.4 Å². The van der Waals surface area contributed by atoms with Crippen molar-refractivity contribution in [1.29, 1.82) is 0 Å². The van der Waals surface area contributed by atoms with Crippen molar-refractivity contribution in [3.63, 3.8) is 0 Å². The van der Waals surface area contributed by atoms with Crippen molar-refractivity contribution in [1.82, 2.24) is 9.88 Å². The van der Waals surface area contributed by atoms with Crippen molar-refractivity contribution in [2.45, 2.75) is 25.0 Å². The monoisotopic (exact) mass is 435 g/mol. The molecule has 0 spiro atoms. The van der Waals surface area contributed by atoms with Crippen LogP contribution >= 0.6 is 0 Å². The summed E-state index contributed by atoms with van der Waals surface area (Å²) in [4.78, 5) is 7.07. The molecule has 2 bridgehead atoms. The zero-order chi connectivity index (χ0) is 22.2. The fraction of sp³-hybridized carbons (Fsp3) is 0.360. The minimum atomic E-state index is -0.721. The SMILES string of the molecule is COc1ccc2nc(-c3ccc(F)cc3)cc([C@@H](O)[C@@H]3C[C@H]4CCN3CC4C=NO)c2c1. The van der Waals surface area contributed by atoms with E-state index in [2.05, 4.69) is 10.1 Å². The summed E-state index contributed by atoms with van der Waals surface area (Å²) < 4.78 is 18.9. The molecular formula is C25H26FN3O3. The highest BCUT2D eigenvalue weighted by molar-refractivity contribution is 5.87. The van der Waals surface area contributed by atoms with Crippen molar-refractivity contribution >= 4 is 17.1 Å². The molecule has 0 amide bonds. The van der Waals surface area contributed by atoms with E-state index < -0.39 is 6.10 Å². The summed E-state index contributed by atoms with van der Waals surface area (Å²) in [6.07, 6.45) is 2.77. The van der Waals surface area contributed by atoms with E-state index >= 15 is 0 Å². The number of fused-ring (bicyclic) bond motifs is 4. The van der Waals surface area contributed by atoms with Gasteiger partial charge < -0.3 is 15.1 Å². The number of piperidine rings is 3. The van der Waals surface area contributed by atoms with E-state index in [9.17, 15) is 9.50 Å². The van der Waals surface area contributed by atoms with Crippen LogP contribution < -0.4 is 4.74 Å². The van der Waals surface area contributed by atoms with Crippen LogP contribution in [0.1, 0.15) is 24.5 Å². The maximum atomic E-state index is 13.5. The summed E-state index contributed by atoms with van der Waals surface area (Å²) in [6.45, 7) is 1.69. The molecule has 3 aromatic rings. The number of rotatable bonds is 5. The molecule has 3 saturated heterocycles. The molecule has 0 saturated carbocycles. The summed E-state index contributed by atoms with van der Waals surface area (Å²) in [5.41, 5.74) is 3.03. The Balaban J connectivity index is 1.57. The van der Waals surface area contributed by atoms with E-state index in [-0.39, 0.29) is 17.8 Å². The second-order valence-corrected chi connectivity index (χ2v) is 8.71. The number of pyridine rings is 1. The summed E-state index contributed by atoms with van der Waals surface area (Å²) >= 11 is 0. The maximum absolute atomic E-state index is 13.5. The molecule has 0 radical (unpaired) electrons. The van der Waals surface area contributed by atoms with Gasteiger partial charge in [-0.2, -0.15) is 0 Å². The van der Waals surface area contributed by atoms with Gasteiger partial charge in [-0.15, -0.1) is 5.16 Å². The van der Waals surface area contributed by atoms with Gasteiger partial charge in [0.05, 0.1) is 24.4 Å². The first kappa shape index (κ1) is 20.8. The molecule has 5 atom stereocenters. The summed E-state index contributed by atoms with van der Waals surface area (Å²) in [7, 11) is 1.62. The van der Waals surface area contributed by atoms with Gasteiger partial charge in [-0.05, 0) is 79.4 Å². The lowest BCUT2D eigenvalue weighted by Gasteiger charge is -2.50. The average molecular weight is 435 g/mol. The van der Waals surface area contributed by atoms with Gasteiger partial charge in [0.15, 0.2) is 0 Å². The van der Waals surface area contributed by atoms with Gasteiger partial charge in [0.2, 0.25) is 0 Å². The zero-order valence-electron chi connectivity index (χ0n) is 17.9. The largest absolute Gasteiger partial charge is 0.497 e. The van der Waals surface area contributed by atoms with Crippen LogP contribution in [0.15, 0.2) is 53.7 Å². The van der Waals surface area contributed by atoms with E-state index in [4.69, 9.17) is 14.9 Å². The van der Waals surface area contributed by atoms with Gasteiger partial charge >= 0.3 is 0 Å². The fourth-order valence-electron chi connectivity index (χ4n) is 5.27. The summed E-state index contributed by atoms with van der Waals surface area (Å²) in [5, 5.41) is 24.7. The number of hydrogen-bond donors (Lipinski definition) is 2. The van der Waals surface area contributed by atoms with Crippen molar-refractivity contribution in [3.05, 3.63) is 59.9 Å². The number of methoxy groups -OCH3 is 1. The average Bonchev–Trinajstić information content (AvgIpc) is 2.83. The Morgan fingerprint density at radius 2 is 2.03 bits per heavy atom. The predicted octanol–water partition coefficient (Wildman–Crippen LogP) is 4.25. The lowest BCUT2D eigenvalue weighted by Crippen LogP contribution is -2.55. The van der Waals surface area contributed by atoms with Crippen LogP contribution in [-0.2, 0) is 0 Å². The molecule has 166 valence electrons. The molecule has 4 heterocycles. The first-order valence-corrected chi connectivity index (χ1v) is 10.9. The van der Waals surface area contributed by atoms with Crippen LogP contribution in [0, 0.1) is 17.7 Å². The van der Waals surface area contributed by atoms with Crippen LogP contribution in [0.2, 0.25) is 0 Å². The number of benzene rings is 2. The second kappa shape index (κ2) is 8.48. The molecule has 32 heavy (non-hydrogen) atoms. The molecule has 2 N–H and O–H groups in total. The number of aromatic nitrogens is 1. The third kappa shape index (κ3) is 3.72. The Morgan fingerprint density at radius 3 is 2.72 bits per heavy atom. The molecule has 1 aromatic heterocycles. The van der Waals surface area contributed by atoms with Gasteiger partial charge in [0.25, 0.3) is 0 Å². The van der Waals surface area contributed by atoms with Crippen LogP contribution in [0.25, 0.3) is 22.2 Å². The number of aliphatic hydroxyl groups is 1. The van der Waals surface area contributed by atoms with E-state index in [1.165, 1.54) is 12.1 Å². The Kier molecular flexibility index (Phi) is 5.53. The van der Waals surface area contributed by atoms with Gasteiger partial charge in [0.1, 0.15) is 11.6 Å². The molecule has 7 heteroatoms. The van der Waals surface area contributed by atoms with E-state index in [1.54, 1.807) is 25.5 Å². The second-order valence-electron chi connectivity index (χ2n) is 8.71. The van der Waals surface area contributed by atoms with Gasteiger partial charge in [0, 0.05) is 35.7 Å². The first-order chi connectivity index (χ1) is 15.6. The molecule has 2 aromatic carbocycles. The quantitative estimate of drug-likeness (QED) is 0.356. The number of aliphatic hydroxyl groups excluding tert-OH is 1. The molecule has 6 nitrogen and oxygen atoms in total. The first-order valence-electron chi connectivity index (χ1n) is 10.9. The minimum absolute atomic E-state index is 0.0324. The molecular weight excluding hydrogens is 409 g/mol. The van der Waals surface area contributed by atoms with Crippen molar-refractivity contribution in [2.24, 2.45) is 17.0 Å². The summed E-state index contributed by atoms with van der Waals surface area (Å²) in [5.74, 6) is 0.995. The third-order valence-corrected chi connectivity index (χ3v) is 6.98. The molecule has 0 aliphatic carbocycles. The van der Waals surface area contributed by atoms with Crippen molar-refractivity contribution < 1.29 is 19.4 Å². The molecule has 6 rings (SSSR count). The van der Waals surface area contributed by atoms with Crippen LogP contribution in [0.4, 0.5) is 4.39 Å². The smallest absolute Gasteiger partial charge is 0.123 e. The Labute approximate surface area is 186 Å². The molecule has 3 aliphatic rings. The Bertz CT molecular complexity index is 1150. The Hall–Kier alpha value is -3.03. The van der Waals surface area contributed by atoms with Gasteiger partial charge in [-0.3, -0.25) is 4.90 Å². The van der Waals surface area contributed by atoms with Crippen LogP contribution in [0.3, 0.4) is 0 Å². The molecule has 3 fully saturated rings. The highest BCUT2D eigenvalue weighted by Crippen LogP contribution is 2.42. The standard InChI is InChI=1S/C25H26FN3O3/c1-32-19-6-7-22-20(11-19)21(12-23(28-22)15-2-4-18(26)5-3-15)25(30)24-10-16-8-9-29(24)14-17(16)13-27-31/h2-7,11-13,16-17,24-25,30-31H,8-10,14H2,1H3/t16-,17?,24+,25-/m1/s1. The molecule has 2 unspecified atom stereocenters. The lowest BCUT2D eigenvalue weighted by atomic mass is 9.74. The van der Waals surface area contributed by atoms with Crippen LogP contribution in [0.5, 0.6) is 5.75 Å². The number of oxime groups is 1. The number of ether oxygens (including phenoxy) is 1. The summed E-state index contributed by atoms with van der Waals surface area (Å²) in [6, 6.07) is 13.8.